The molecule has 0 aliphatic rings. The van der Waals surface area contributed by atoms with Crippen LogP contribution in [0.1, 0.15) is 5.56 Å². The zero-order chi connectivity index (χ0) is 17.0. The maximum Gasteiger partial charge on any atom is 0.269 e. The van der Waals surface area contributed by atoms with E-state index in [0.29, 0.717) is 10.6 Å². The number of nitriles is 1. The van der Waals surface area contributed by atoms with E-state index in [0.717, 1.165) is 6.08 Å². The van der Waals surface area contributed by atoms with Gasteiger partial charge in [0.15, 0.2) is 0 Å². The maximum absolute atomic E-state index is 12.4. The highest BCUT2D eigenvalue weighted by Gasteiger charge is 2.20. The molecular weight excluding hydrogens is 340 g/mol. The predicted octanol–water partition coefficient (Wildman–Crippen LogP) is 3.59. The molecule has 0 N–H and O–H groups in total. The Bertz CT molecular complexity index is 911. The fraction of sp³-hybridized carbons (Fsp3) is 0. The highest BCUT2D eigenvalue weighted by atomic mass is 35.5. The van der Waals surface area contributed by atoms with Crippen molar-refractivity contribution in [3.05, 3.63) is 74.1 Å². The molecule has 116 valence electrons. The molecule has 8 heteroatoms. The number of allylic oxidation sites excluding steroid dienone is 1. The summed E-state index contributed by atoms with van der Waals surface area (Å²) in [6.07, 6.45) is 1.16. The standard InChI is InChI=1S/C15H9ClN2O4S/c16-12-3-7-14(8-4-12)23(21,22)15(10-17)9-11-1-5-13(6-2-11)18(19)20/h1-9H. The molecule has 0 amide bonds. The van der Waals surface area contributed by atoms with Gasteiger partial charge < -0.3 is 0 Å². The van der Waals surface area contributed by atoms with E-state index in [1.165, 1.54) is 48.5 Å². The van der Waals surface area contributed by atoms with Crippen LogP contribution in [0.4, 0.5) is 5.69 Å². The molecule has 0 radical (unpaired) electrons. The van der Waals surface area contributed by atoms with Gasteiger partial charge in [-0.05, 0) is 48.0 Å². The molecule has 0 aliphatic carbocycles. The maximum atomic E-state index is 12.4. The van der Waals surface area contributed by atoms with Crippen LogP contribution < -0.4 is 0 Å². The van der Waals surface area contributed by atoms with Crippen molar-refractivity contribution in [3.63, 3.8) is 0 Å². The lowest BCUT2D eigenvalue weighted by Crippen LogP contribution is -2.03. The molecule has 0 unspecified atom stereocenters. The van der Waals surface area contributed by atoms with Gasteiger partial charge in [0.2, 0.25) is 9.84 Å². The second kappa shape index (κ2) is 6.60. The quantitative estimate of drug-likeness (QED) is 0.477. The lowest BCUT2D eigenvalue weighted by atomic mass is 10.2. The van der Waals surface area contributed by atoms with E-state index in [9.17, 15) is 18.5 Å². The predicted molar refractivity (Wildman–Crippen MR) is 85.3 cm³/mol. The van der Waals surface area contributed by atoms with Gasteiger partial charge in [0, 0.05) is 17.2 Å². The molecule has 0 spiro atoms. The van der Waals surface area contributed by atoms with Gasteiger partial charge >= 0.3 is 0 Å². The van der Waals surface area contributed by atoms with E-state index in [1.54, 1.807) is 6.07 Å². The summed E-state index contributed by atoms with van der Waals surface area (Å²) >= 11 is 5.72. The Labute approximate surface area is 137 Å². The molecule has 0 bridgehead atoms. The number of halogens is 1. The van der Waals surface area contributed by atoms with E-state index >= 15 is 0 Å². The van der Waals surface area contributed by atoms with Crippen molar-refractivity contribution < 1.29 is 13.3 Å². The van der Waals surface area contributed by atoms with E-state index in [4.69, 9.17) is 16.9 Å². The molecule has 0 saturated heterocycles. The molecule has 23 heavy (non-hydrogen) atoms. The number of nitro benzene ring substituents is 1. The van der Waals surface area contributed by atoms with Crippen LogP contribution in [0.5, 0.6) is 0 Å². The fourth-order valence-corrected chi connectivity index (χ4v) is 3.04. The molecule has 0 fully saturated rings. The van der Waals surface area contributed by atoms with Crippen LogP contribution in [0, 0.1) is 21.4 Å². The monoisotopic (exact) mass is 348 g/mol. The van der Waals surface area contributed by atoms with Crippen molar-refractivity contribution >= 4 is 33.2 Å². The van der Waals surface area contributed by atoms with E-state index in [1.807, 2.05) is 0 Å². The number of benzene rings is 2. The Kier molecular flexibility index (Phi) is 4.79. The molecule has 0 aliphatic heterocycles. The van der Waals surface area contributed by atoms with E-state index < -0.39 is 19.7 Å². The summed E-state index contributed by atoms with van der Waals surface area (Å²) in [7, 11) is -3.99. The second-order valence-corrected chi connectivity index (χ2v) is 6.78. The molecule has 2 aromatic carbocycles. The van der Waals surface area contributed by atoms with Gasteiger partial charge in [-0.25, -0.2) is 8.42 Å². The first-order valence-electron chi connectivity index (χ1n) is 6.21. The summed E-state index contributed by atoms with van der Waals surface area (Å²) in [5.41, 5.74) is 0.242. The van der Waals surface area contributed by atoms with Crippen LogP contribution in [0.2, 0.25) is 5.02 Å². The fourth-order valence-electron chi connectivity index (χ4n) is 1.75. The highest BCUT2D eigenvalue weighted by molar-refractivity contribution is 7.95. The van der Waals surface area contributed by atoms with Crippen molar-refractivity contribution in [2.24, 2.45) is 0 Å². The smallest absolute Gasteiger partial charge is 0.258 e. The minimum Gasteiger partial charge on any atom is -0.258 e. The molecule has 2 rings (SSSR count). The van der Waals surface area contributed by atoms with Crippen LogP contribution in [-0.4, -0.2) is 13.3 Å². The second-order valence-electron chi connectivity index (χ2n) is 4.43. The first-order valence-corrected chi connectivity index (χ1v) is 8.07. The zero-order valence-corrected chi connectivity index (χ0v) is 13.1. The van der Waals surface area contributed by atoms with Crippen LogP contribution in [0.25, 0.3) is 6.08 Å². The molecule has 0 atom stereocenters. The Hall–Kier alpha value is -2.69. The summed E-state index contributed by atoms with van der Waals surface area (Å²) < 4.78 is 24.8. The van der Waals surface area contributed by atoms with Crippen LogP contribution >= 0.6 is 11.6 Å². The Morgan fingerprint density at radius 1 is 1.13 bits per heavy atom. The molecule has 0 saturated carbocycles. The minimum absolute atomic E-state index is 0.0587. The number of non-ortho nitro benzene ring substituents is 1. The van der Waals surface area contributed by atoms with Crippen molar-refractivity contribution in [1.82, 2.24) is 0 Å². The summed E-state index contributed by atoms with van der Waals surface area (Å²) in [5.74, 6) is 0. The molecule has 0 heterocycles. The summed E-state index contributed by atoms with van der Waals surface area (Å²) in [6, 6.07) is 12.3. The van der Waals surface area contributed by atoms with Crippen LogP contribution in [0.3, 0.4) is 0 Å². The van der Waals surface area contributed by atoms with Crippen molar-refractivity contribution in [2.45, 2.75) is 4.90 Å². The van der Waals surface area contributed by atoms with Gasteiger partial charge in [0.1, 0.15) is 11.0 Å². The Morgan fingerprint density at radius 3 is 2.17 bits per heavy atom. The number of sulfone groups is 1. The van der Waals surface area contributed by atoms with Gasteiger partial charge in [-0.3, -0.25) is 10.1 Å². The molecule has 6 nitrogen and oxygen atoms in total. The first-order chi connectivity index (χ1) is 10.8. The first kappa shape index (κ1) is 16.7. The lowest BCUT2D eigenvalue weighted by molar-refractivity contribution is -0.384. The van der Waals surface area contributed by atoms with Gasteiger partial charge in [-0.1, -0.05) is 11.6 Å². The average molecular weight is 349 g/mol. The summed E-state index contributed by atoms with van der Waals surface area (Å²) in [4.78, 5) is 9.50. The van der Waals surface area contributed by atoms with Crippen LogP contribution in [0.15, 0.2) is 58.3 Å². The topological polar surface area (TPSA) is 101 Å². The number of nitrogens with zero attached hydrogens (tertiary/aromatic N) is 2. The van der Waals surface area contributed by atoms with Crippen molar-refractivity contribution in [2.75, 3.05) is 0 Å². The van der Waals surface area contributed by atoms with Gasteiger partial charge in [0.05, 0.1) is 9.82 Å². The average Bonchev–Trinajstić information content (AvgIpc) is 2.53. The van der Waals surface area contributed by atoms with Gasteiger partial charge in [-0.2, -0.15) is 5.26 Å². The minimum atomic E-state index is -3.99. The molecule has 0 aromatic heterocycles. The van der Waals surface area contributed by atoms with E-state index in [-0.39, 0.29) is 10.6 Å². The summed E-state index contributed by atoms with van der Waals surface area (Å²) in [6.45, 7) is 0. The Morgan fingerprint density at radius 2 is 1.70 bits per heavy atom. The largest absolute Gasteiger partial charge is 0.269 e. The third-order valence-electron chi connectivity index (χ3n) is 2.93. The summed E-state index contributed by atoms with van der Waals surface area (Å²) in [5, 5.41) is 20.1. The molecule has 2 aromatic rings. The van der Waals surface area contributed by atoms with Crippen LogP contribution in [-0.2, 0) is 9.84 Å². The number of hydrogen-bond acceptors (Lipinski definition) is 5. The number of hydrogen-bond donors (Lipinski definition) is 0. The van der Waals surface area contributed by atoms with Crippen molar-refractivity contribution in [1.29, 1.82) is 5.26 Å². The normalized spacial score (nSPS) is 11.7. The third kappa shape index (κ3) is 3.74. The van der Waals surface area contributed by atoms with Gasteiger partial charge in [0.25, 0.3) is 5.69 Å². The van der Waals surface area contributed by atoms with Crippen molar-refractivity contribution in [3.8, 4) is 6.07 Å². The van der Waals surface area contributed by atoms with Gasteiger partial charge in [-0.15, -0.1) is 0 Å². The number of rotatable bonds is 4. The highest BCUT2D eigenvalue weighted by Crippen LogP contribution is 2.23. The number of nitro groups is 1. The third-order valence-corrected chi connectivity index (χ3v) is 4.86. The van der Waals surface area contributed by atoms with E-state index in [2.05, 4.69) is 0 Å². The Balaban J connectivity index is 2.44. The zero-order valence-electron chi connectivity index (χ0n) is 11.5. The lowest BCUT2D eigenvalue weighted by Gasteiger charge is -2.03. The SMILES string of the molecule is N#CC(=Cc1ccc([N+](=O)[O-])cc1)S(=O)(=O)c1ccc(Cl)cc1. The molecular formula is C15H9ClN2O4S.